The number of carbonyl (C=O) groups is 1. The first-order chi connectivity index (χ1) is 9.61. The van der Waals surface area contributed by atoms with Gasteiger partial charge in [-0.1, -0.05) is 18.2 Å². The summed E-state index contributed by atoms with van der Waals surface area (Å²) < 4.78 is 0. The number of amides is 1. The van der Waals surface area contributed by atoms with Crippen LogP contribution in [0, 0.1) is 0 Å². The highest BCUT2D eigenvalue weighted by atomic mass is 16.2. The molecule has 0 saturated carbocycles. The molecule has 2 aromatic rings. The van der Waals surface area contributed by atoms with Crippen molar-refractivity contribution in [1.29, 1.82) is 0 Å². The Kier molecular flexibility index (Phi) is 4.27. The van der Waals surface area contributed by atoms with E-state index in [-0.39, 0.29) is 5.91 Å². The molecule has 0 fully saturated rings. The van der Waals surface area contributed by atoms with Gasteiger partial charge in [0.25, 0.3) is 5.91 Å². The van der Waals surface area contributed by atoms with Gasteiger partial charge < -0.3 is 16.0 Å². The standard InChI is InChI=1S/C14H17N5O/c1-19(2)14(20)12-7-8-13(18-17-12)16-11-6-4-3-5-10(11)9-15/h3-8H,9,15H2,1-2H3,(H,16,18). The lowest BCUT2D eigenvalue weighted by atomic mass is 10.2. The van der Waals surface area contributed by atoms with Crippen molar-refractivity contribution in [2.75, 3.05) is 19.4 Å². The molecule has 104 valence electrons. The summed E-state index contributed by atoms with van der Waals surface area (Å²) >= 11 is 0. The molecule has 0 saturated heterocycles. The summed E-state index contributed by atoms with van der Waals surface area (Å²) in [7, 11) is 3.35. The largest absolute Gasteiger partial charge is 0.343 e. The van der Waals surface area contributed by atoms with Gasteiger partial charge in [-0.25, -0.2) is 0 Å². The Morgan fingerprint density at radius 1 is 1.20 bits per heavy atom. The van der Waals surface area contributed by atoms with Gasteiger partial charge in [0, 0.05) is 26.3 Å². The van der Waals surface area contributed by atoms with E-state index >= 15 is 0 Å². The number of para-hydroxylation sites is 1. The molecule has 0 radical (unpaired) electrons. The number of hydrogen-bond donors (Lipinski definition) is 2. The lowest BCUT2D eigenvalue weighted by Gasteiger charge is -2.11. The lowest BCUT2D eigenvalue weighted by Crippen LogP contribution is -2.23. The maximum atomic E-state index is 11.7. The zero-order valence-corrected chi connectivity index (χ0v) is 11.5. The summed E-state index contributed by atoms with van der Waals surface area (Å²) in [6.45, 7) is 0.438. The third-order valence-corrected chi connectivity index (χ3v) is 2.79. The Morgan fingerprint density at radius 2 is 1.95 bits per heavy atom. The number of hydrogen-bond acceptors (Lipinski definition) is 5. The van der Waals surface area contributed by atoms with Crippen molar-refractivity contribution in [3.63, 3.8) is 0 Å². The highest BCUT2D eigenvalue weighted by Crippen LogP contribution is 2.18. The van der Waals surface area contributed by atoms with E-state index in [2.05, 4.69) is 15.5 Å². The number of nitrogens with one attached hydrogen (secondary N) is 1. The quantitative estimate of drug-likeness (QED) is 0.877. The molecular weight excluding hydrogens is 254 g/mol. The number of carbonyl (C=O) groups excluding carboxylic acids is 1. The molecule has 0 aliphatic heterocycles. The van der Waals surface area contributed by atoms with Gasteiger partial charge in [0.05, 0.1) is 0 Å². The van der Waals surface area contributed by atoms with Crippen LogP contribution < -0.4 is 11.1 Å². The summed E-state index contributed by atoms with van der Waals surface area (Å²) in [4.78, 5) is 13.2. The van der Waals surface area contributed by atoms with Crippen LogP contribution in [0.1, 0.15) is 16.1 Å². The lowest BCUT2D eigenvalue weighted by molar-refractivity contribution is 0.0821. The number of nitrogens with two attached hydrogens (primary N) is 1. The molecule has 1 amide bonds. The normalized spacial score (nSPS) is 10.2. The van der Waals surface area contributed by atoms with Crippen molar-refractivity contribution in [3.8, 4) is 0 Å². The molecule has 0 unspecified atom stereocenters. The van der Waals surface area contributed by atoms with E-state index in [0.717, 1.165) is 11.3 Å². The van der Waals surface area contributed by atoms with Gasteiger partial charge in [0.1, 0.15) is 0 Å². The summed E-state index contributed by atoms with van der Waals surface area (Å²) in [6, 6.07) is 11.1. The molecule has 3 N–H and O–H groups in total. The average molecular weight is 271 g/mol. The predicted molar refractivity (Wildman–Crippen MR) is 77.7 cm³/mol. The third-order valence-electron chi connectivity index (χ3n) is 2.79. The molecule has 0 aliphatic rings. The first-order valence-electron chi connectivity index (χ1n) is 6.22. The van der Waals surface area contributed by atoms with Crippen molar-refractivity contribution in [1.82, 2.24) is 15.1 Å². The summed E-state index contributed by atoms with van der Waals surface area (Å²) in [5.74, 6) is 0.396. The molecule has 6 nitrogen and oxygen atoms in total. The summed E-state index contributed by atoms with van der Waals surface area (Å²) in [5.41, 5.74) is 7.86. The molecule has 0 spiro atoms. The molecule has 6 heteroatoms. The van der Waals surface area contributed by atoms with Crippen molar-refractivity contribution in [2.24, 2.45) is 5.73 Å². The number of rotatable bonds is 4. The topological polar surface area (TPSA) is 84.1 Å². The molecule has 0 aliphatic carbocycles. The smallest absolute Gasteiger partial charge is 0.273 e. The number of anilines is 2. The average Bonchev–Trinajstić information content (AvgIpc) is 2.48. The highest BCUT2D eigenvalue weighted by Gasteiger charge is 2.10. The molecule has 20 heavy (non-hydrogen) atoms. The van der Waals surface area contributed by atoms with Crippen LogP contribution in [-0.4, -0.2) is 35.1 Å². The van der Waals surface area contributed by atoms with Gasteiger partial charge in [-0.3, -0.25) is 4.79 Å². The monoisotopic (exact) mass is 271 g/mol. The first-order valence-corrected chi connectivity index (χ1v) is 6.22. The molecule has 1 aromatic carbocycles. The molecule has 1 aromatic heterocycles. The number of aromatic nitrogens is 2. The fraction of sp³-hybridized carbons (Fsp3) is 0.214. The second-order valence-electron chi connectivity index (χ2n) is 4.49. The second kappa shape index (κ2) is 6.12. The predicted octanol–water partition coefficient (Wildman–Crippen LogP) is 1.38. The van der Waals surface area contributed by atoms with Crippen molar-refractivity contribution in [2.45, 2.75) is 6.54 Å². The Morgan fingerprint density at radius 3 is 2.55 bits per heavy atom. The van der Waals surface area contributed by atoms with Gasteiger partial charge in [-0.05, 0) is 23.8 Å². The van der Waals surface area contributed by atoms with Gasteiger partial charge >= 0.3 is 0 Å². The summed E-state index contributed by atoms with van der Waals surface area (Å²) in [6.07, 6.45) is 0. The van der Waals surface area contributed by atoms with Crippen molar-refractivity contribution < 1.29 is 4.79 Å². The number of benzene rings is 1. The van der Waals surface area contributed by atoms with Crippen LogP contribution in [0.4, 0.5) is 11.5 Å². The summed E-state index contributed by atoms with van der Waals surface area (Å²) in [5, 5.41) is 11.1. The van der Waals surface area contributed by atoms with E-state index in [1.807, 2.05) is 24.3 Å². The Balaban J connectivity index is 2.17. The minimum absolute atomic E-state index is 0.175. The number of nitrogens with zero attached hydrogens (tertiary/aromatic N) is 3. The minimum Gasteiger partial charge on any atom is -0.343 e. The van der Waals surface area contributed by atoms with Gasteiger partial charge in [0.15, 0.2) is 11.5 Å². The van der Waals surface area contributed by atoms with Crippen molar-refractivity contribution in [3.05, 3.63) is 47.7 Å². The van der Waals surface area contributed by atoms with E-state index < -0.39 is 0 Å². The maximum absolute atomic E-state index is 11.7. The molecule has 0 bridgehead atoms. The van der Waals surface area contributed by atoms with E-state index in [9.17, 15) is 4.79 Å². The third kappa shape index (κ3) is 3.10. The van der Waals surface area contributed by atoms with Crippen LogP contribution in [0.15, 0.2) is 36.4 Å². The first kappa shape index (κ1) is 14.0. The van der Waals surface area contributed by atoms with Gasteiger partial charge in [0.2, 0.25) is 0 Å². The Labute approximate surface area is 117 Å². The fourth-order valence-electron chi connectivity index (χ4n) is 1.70. The van der Waals surface area contributed by atoms with Gasteiger partial charge in [-0.15, -0.1) is 10.2 Å². The van der Waals surface area contributed by atoms with Crippen LogP contribution in [-0.2, 0) is 6.54 Å². The van der Waals surface area contributed by atoms with E-state index in [1.165, 1.54) is 4.90 Å². The molecule has 1 heterocycles. The maximum Gasteiger partial charge on any atom is 0.273 e. The van der Waals surface area contributed by atoms with Crippen molar-refractivity contribution >= 4 is 17.4 Å². The Hall–Kier alpha value is -2.47. The SMILES string of the molecule is CN(C)C(=O)c1ccc(Nc2ccccc2CN)nn1. The second-order valence-corrected chi connectivity index (χ2v) is 4.49. The zero-order valence-electron chi connectivity index (χ0n) is 11.5. The fourth-order valence-corrected chi connectivity index (χ4v) is 1.70. The van der Waals surface area contributed by atoms with Crippen LogP contribution in [0.5, 0.6) is 0 Å². The van der Waals surface area contributed by atoms with E-state index in [0.29, 0.717) is 18.1 Å². The van der Waals surface area contributed by atoms with Crippen LogP contribution >= 0.6 is 0 Å². The molecule has 2 rings (SSSR count). The molecular formula is C14H17N5O. The minimum atomic E-state index is -0.175. The molecule has 0 atom stereocenters. The van der Waals surface area contributed by atoms with E-state index in [1.54, 1.807) is 26.2 Å². The highest BCUT2D eigenvalue weighted by molar-refractivity contribution is 5.91. The van der Waals surface area contributed by atoms with E-state index in [4.69, 9.17) is 5.73 Å². The van der Waals surface area contributed by atoms with Crippen LogP contribution in [0.3, 0.4) is 0 Å². The van der Waals surface area contributed by atoms with Crippen LogP contribution in [0.25, 0.3) is 0 Å². The van der Waals surface area contributed by atoms with Crippen LogP contribution in [0.2, 0.25) is 0 Å². The zero-order chi connectivity index (χ0) is 14.5. The van der Waals surface area contributed by atoms with Gasteiger partial charge in [-0.2, -0.15) is 0 Å². The Bertz CT molecular complexity index is 595.